The number of halogens is 1. The van der Waals surface area contributed by atoms with Crippen LogP contribution in [0.3, 0.4) is 0 Å². The van der Waals surface area contributed by atoms with E-state index in [0.717, 1.165) is 17.9 Å². The smallest absolute Gasteiger partial charge is 0.310 e. The first kappa shape index (κ1) is 15.1. The highest BCUT2D eigenvalue weighted by atomic mass is 35.5. The number of likely N-dealkylation sites (tertiary alicyclic amines) is 1. The third kappa shape index (κ3) is 3.00. The van der Waals surface area contributed by atoms with Crippen molar-refractivity contribution in [3.63, 3.8) is 0 Å². The minimum absolute atomic E-state index is 0.566. The van der Waals surface area contributed by atoms with E-state index in [1.165, 1.54) is 0 Å². The van der Waals surface area contributed by atoms with Crippen LogP contribution >= 0.6 is 11.6 Å². The minimum Gasteiger partial charge on any atom is -0.481 e. The molecule has 0 saturated carbocycles. The number of nitrogens with zero attached hydrogens (tertiary/aromatic N) is 3. The Morgan fingerprint density at radius 1 is 1.36 bits per heavy atom. The van der Waals surface area contributed by atoms with E-state index in [0.29, 0.717) is 24.5 Å². The predicted octanol–water partition coefficient (Wildman–Crippen LogP) is 2.82. The van der Waals surface area contributed by atoms with Gasteiger partial charge in [0.05, 0.1) is 16.8 Å². The van der Waals surface area contributed by atoms with E-state index in [1.807, 2.05) is 43.5 Å². The van der Waals surface area contributed by atoms with Crippen molar-refractivity contribution in [1.29, 1.82) is 0 Å². The van der Waals surface area contributed by atoms with Crippen molar-refractivity contribution in [2.75, 3.05) is 13.1 Å². The van der Waals surface area contributed by atoms with Crippen molar-refractivity contribution in [2.24, 2.45) is 5.41 Å². The van der Waals surface area contributed by atoms with E-state index in [1.54, 1.807) is 4.68 Å². The first-order valence-corrected chi connectivity index (χ1v) is 7.60. The molecule has 116 valence electrons. The molecule has 6 heteroatoms. The highest BCUT2D eigenvalue weighted by molar-refractivity contribution is 6.30. The summed E-state index contributed by atoms with van der Waals surface area (Å²) in [5.74, 6) is -0.721. The number of hydrogen-bond acceptors (Lipinski definition) is 3. The molecule has 3 rings (SSSR count). The highest BCUT2D eigenvalue weighted by Gasteiger charge is 2.40. The van der Waals surface area contributed by atoms with Gasteiger partial charge in [0, 0.05) is 24.3 Å². The van der Waals surface area contributed by atoms with Gasteiger partial charge in [-0.1, -0.05) is 11.6 Å². The van der Waals surface area contributed by atoms with Crippen LogP contribution in [0.4, 0.5) is 0 Å². The van der Waals surface area contributed by atoms with E-state index in [-0.39, 0.29) is 0 Å². The normalized spacial score (nSPS) is 22.1. The number of carboxylic acids is 1. The monoisotopic (exact) mass is 319 g/mol. The number of hydrogen-bond donors (Lipinski definition) is 1. The molecule has 1 N–H and O–H groups in total. The molecule has 2 heterocycles. The molecule has 22 heavy (non-hydrogen) atoms. The van der Waals surface area contributed by atoms with Crippen molar-refractivity contribution in [3.8, 4) is 5.69 Å². The zero-order valence-electron chi connectivity index (χ0n) is 12.4. The molecular weight excluding hydrogens is 302 g/mol. The van der Waals surface area contributed by atoms with E-state index in [2.05, 4.69) is 10.00 Å². The van der Waals surface area contributed by atoms with E-state index in [9.17, 15) is 9.90 Å². The first-order chi connectivity index (χ1) is 10.5. The summed E-state index contributed by atoms with van der Waals surface area (Å²) < 4.78 is 1.80. The lowest BCUT2D eigenvalue weighted by Crippen LogP contribution is -2.31. The fourth-order valence-corrected chi connectivity index (χ4v) is 2.90. The number of aliphatic carboxylic acids is 1. The molecule has 1 saturated heterocycles. The fourth-order valence-electron chi connectivity index (χ4n) is 2.78. The Labute approximate surface area is 134 Å². The van der Waals surface area contributed by atoms with Crippen LogP contribution < -0.4 is 0 Å². The molecule has 1 aromatic carbocycles. The highest BCUT2D eigenvalue weighted by Crippen LogP contribution is 2.30. The number of benzene rings is 1. The molecule has 1 unspecified atom stereocenters. The lowest BCUT2D eigenvalue weighted by molar-refractivity contribution is -0.147. The van der Waals surface area contributed by atoms with Gasteiger partial charge in [0.2, 0.25) is 0 Å². The Morgan fingerprint density at radius 3 is 2.73 bits per heavy atom. The number of carbonyl (C=O) groups is 1. The van der Waals surface area contributed by atoms with E-state index in [4.69, 9.17) is 11.6 Å². The van der Waals surface area contributed by atoms with Crippen molar-refractivity contribution in [1.82, 2.24) is 14.7 Å². The van der Waals surface area contributed by atoms with Gasteiger partial charge < -0.3 is 5.11 Å². The molecule has 0 radical (unpaired) electrons. The van der Waals surface area contributed by atoms with E-state index < -0.39 is 11.4 Å². The Hall–Kier alpha value is -1.85. The van der Waals surface area contributed by atoms with Crippen LogP contribution in [0.25, 0.3) is 5.69 Å². The summed E-state index contributed by atoms with van der Waals surface area (Å²) in [5.41, 5.74) is 1.25. The molecule has 1 fully saturated rings. The van der Waals surface area contributed by atoms with Crippen molar-refractivity contribution >= 4 is 17.6 Å². The molecule has 0 amide bonds. The molecule has 1 atom stereocenters. The summed E-state index contributed by atoms with van der Waals surface area (Å²) in [6.07, 6.45) is 2.59. The lowest BCUT2D eigenvalue weighted by Gasteiger charge is -2.19. The molecule has 0 spiro atoms. The molecular formula is C16H18ClN3O2. The van der Waals surface area contributed by atoms with Crippen LogP contribution in [-0.2, 0) is 11.3 Å². The standard InChI is InChI=1S/C16H18ClN3O2/c1-16(15(21)22)7-9-19(11-16)10-13-6-8-20(18-13)14-4-2-12(17)3-5-14/h2-6,8H,7,9-11H2,1H3,(H,21,22). The van der Waals surface area contributed by atoms with Gasteiger partial charge in [-0.3, -0.25) is 9.69 Å². The summed E-state index contributed by atoms with van der Waals surface area (Å²) in [6.45, 7) is 3.83. The van der Waals surface area contributed by atoms with Gasteiger partial charge in [-0.25, -0.2) is 4.68 Å². The van der Waals surface area contributed by atoms with Crippen molar-refractivity contribution in [3.05, 3.63) is 47.2 Å². The Kier molecular flexibility index (Phi) is 3.93. The van der Waals surface area contributed by atoms with Gasteiger partial charge in [0.25, 0.3) is 0 Å². The second-order valence-corrected chi connectivity index (χ2v) is 6.49. The SMILES string of the molecule is CC1(C(=O)O)CCN(Cc2ccn(-c3ccc(Cl)cc3)n2)C1. The predicted molar refractivity (Wildman–Crippen MR) is 84.2 cm³/mol. The van der Waals surface area contributed by atoms with Gasteiger partial charge in [-0.05, 0) is 50.2 Å². The maximum absolute atomic E-state index is 11.3. The molecule has 5 nitrogen and oxygen atoms in total. The lowest BCUT2D eigenvalue weighted by atomic mass is 9.90. The molecule has 1 aliphatic heterocycles. The van der Waals surface area contributed by atoms with Crippen LogP contribution in [0.2, 0.25) is 5.02 Å². The number of aromatic nitrogens is 2. The Balaban J connectivity index is 1.68. The van der Waals surface area contributed by atoms with Gasteiger partial charge in [0.1, 0.15) is 0 Å². The summed E-state index contributed by atoms with van der Waals surface area (Å²) in [5, 5.41) is 14.5. The quantitative estimate of drug-likeness (QED) is 0.941. The van der Waals surface area contributed by atoms with Gasteiger partial charge in [0.15, 0.2) is 0 Å². The third-order valence-corrected chi connectivity index (χ3v) is 4.44. The van der Waals surface area contributed by atoms with Crippen LogP contribution in [0.15, 0.2) is 36.5 Å². The summed E-state index contributed by atoms with van der Waals surface area (Å²) >= 11 is 5.89. The average Bonchev–Trinajstić information content (AvgIpc) is 3.08. The van der Waals surface area contributed by atoms with Crippen LogP contribution in [-0.4, -0.2) is 38.8 Å². The summed E-state index contributed by atoms with van der Waals surface area (Å²) in [6, 6.07) is 9.45. The topological polar surface area (TPSA) is 58.4 Å². The van der Waals surface area contributed by atoms with Crippen molar-refractivity contribution < 1.29 is 9.90 Å². The first-order valence-electron chi connectivity index (χ1n) is 7.22. The maximum Gasteiger partial charge on any atom is 0.310 e. The fraction of sp³-hybridized carbons (Fsp3) is 0.375. The summed E-state index contributed by atoms with van der Waals surface area (Å²) in [7, 11) is 0. The van der Waals surface area contributed by atoms with E-state index >= 15 is 0 Å². The second-order valence-electron chi connectivity index (χ2n) is 6.05. The molecule has 2 aromatic rings. The molecule has 0 bridgehead atoms. The molecule has 1 aliphatic rings. The average molecular weight is 320 g/mol. The minimum atomic E-state index is -0.721. The Bertz CT molecular complexity index is 683. The molecule has 1 aromatic heterocycles. The van der Waals surface area contributed by atoms with Crippen LogP contribution in [0.5, 0.6) is 0 Å². The zero-order chi connectivity index (χ0) is 15.7. The summed E-state index contributed by atoms with van der Waals surface area (Å²) in [4.78, 5) is 13.4. The van der Waals surface area contributed by atoms with Crippen LogP contribution in [0, 0.1) is 5.41 Å². The van der Waals surface area contributed by atoms with Gasteiger partial charge in [-0.15, -0.1) is 0 Å². The van der Waals surface area contributed by atoms with Crippen molar-refractivity contribution in [2.45, 2.75) is 19.9 Å². The maximum atomic E-state index is 11.3. The van der Waals surface area contributed by atoms with Gasteiger partial charge >= 0.3 is 5.97 Å². The zero-order valence-corrected chi connectivity index (χ0v) is 13.1. The van der Waals surface area contributed by atoms with Crippen LogP contribution in [0.1, 0.15) is 19.0 Å². The molecule has 0 aliphatic carbocycles. The largest absolute Gasteiger partial charge is 0.481 e. The number of carboxylic acid groups (broad SMARTS) is 1. The third-order valence-electron chi connectivity index (χ3n) is 4.19. The Morgan fingerprint density at radius 2 is 2.09 bits per heavy atom. The van der Waals surface area contributed by atoms with Gasteiger partial charge in [-0.2, -0.15) is 5.10 Å². The number of rotatable bonds is 4. The second kappa shape index (κ2) is 5.74.